The lowest BCUT2D eigenvalue weighted by Crippen LogP contribution is -1.99. The highest BCUT2D eigenvalue weighted by Gasteiger charge is 2.14. The van der Waals surface area contributed by atoms with Gasteiger partial charge in [0.15, 0.2) is 0 Å². The van der Waals surface area contributed by atoms with Gasteiger partial charge in [0.2, 0.25) is 0 Å². The Kier molecular flexibility index (Phi) is 3.08. The summed E-state index contributed by atoms with van der Waals surface area (Å²) in [7, 11) is 0. The molecule has 0 bridgehead atoms. The van der Waals surface area contributed by atoms with Crippen molar-refractivity contribution in [2.24, 2.45) is 0 Å². The van der Waals surface area contributed by atoms with E-state index in [1.807, 2.05) is 13.8 Å². The fourth-order valence-electron chi connectivity index (χ4n) is 1.21. The van der Waals surface area contributed by atoms with Crippen LogP contribution in [0.3, 0.4) is 0 Å². The predicted molar refractivity (Wildman–Crippen MR) is 60.2 cm³/mol. The Morgan fingerprint density at radius 1 is 1.47 bits per heavy atom. The molecule has 0 spiro atoms. The first kappa shape index (κ1) is 10.7. The maximum atomic E-state index is 9.86. The van der Waals surface area contributed by atoms with E-state index in [1.54, 1.807) is 17.5 Å². The molecule has 2 aromatic heterocycles. The van der Waals surface area contributed by atoms with Crippen molar-refractivity contribution in [2.45, 2.75) is 26.4 Å². The van der Waals surface area contributed by atoms with Crippen LogP contribution in [0.25, 0.3) is 0 Å². The zero-order valence-electron chi connectivity index (χ0n) is 8.47. The quantitative estimate of drug-likeness (QED) is 0.891. The number of aliphatic hydroxyl groups excluding tert-OH is 1. The fourth-order valence-corrected chi connectivity index (χ4v) is 2.67. The molecule has 2 rings (SSSR count). The fraction of sp³-hybridized carbons (Fsp3) is 0.444. The van der Waals surface area contributed by atoms with Gasteiger partial charge in [0, 0.05) is 11.3 Å². The van der Waals surface area contributed by atoms with E-state index in [1.165, 1.54) is 16.4 Å². The van der Waals surface area contributed by atoms with E-state index in [0.29, 0.717) is 6.42 Å². The van der Waals surface area contributed by atoms with Gasteiger partial charge in [-0.3, -0.25) is 0 Å². The monoisotopic (exact) mass is 241 g/mol. The van der Waals surface area contributed by atoms with Crippen molar-refractivity contribution >= 4 is 22.9 Å². The van der Waals surface area contributed by atoms with Gasteiger partial charge in [0.05, 0.1) is 27.9 Å². The van der Waals surface area contributed by atoms with Crippen LogP contribution in [0.5, 0.6) is 0 Å². The van der Waals surface area contributed by atoms with Crippen LogP contribution in [-0.4, -0.2) is 19.7 Å². The molecular weight excluding hydrogens is 230 g/mol. The minimum Gasteiger partial charge on any atom is -0.387 e. The summed E-state index contributed by atoms with van der Waals surface area (Å²) in [4.78, 5) is 6.38. The predicted octanol–water partition coefficient (Wildman–Crippen LogP) is 1.89. The maximum Gasteiger partial charge on any atom is 0.0977 e. The normalized spacial score (nSPS) is 13.0. The summed E-state index contributed by atoms with van der Waals surface area (Å²) in [6.07, 6.45) is 1.61. The summed E-state index contributed by atoms with van der Waals surface area (Å²) in [6.45, 7) is 4.02. The zero-order chi connectivity index (χ0) is 10.8. The molecule has 0 aliphatic heterocycles. The lowest BCUT2D eigenvalue weighted by Gasteiger charge is -2.03. The van der Waals surface area contributed by atoms with Crippen molar-refractivity contribution in [1.29, 1.82) is 0 Å². The van der Waals surface area contributed by atoms with Crippen molar-refractivity contribution < 1.29 is 5.11 Å². The van der Waals surface area contributed by atoms with Crippen LogP contribution in [0.15, 0.2) is 6.20 Å². The molecule has 4 nitrogen and oxygen atoms in total. The van der Waals surface area contributed by atoms with Crippen LogP contribution in [0.1, 0.15) is 26.6 Å². The molecule has 15 heavy (non-hydrogen) atoms. The van der Waals surface area contributed by atoms with Gasteiger partial charge in [-0.1, -0.05) is 4.49 Å². The first-order valence-corrected chi connectivity index (χ1v) is 6.14. The van der Waals surface area contributed by atoms with E-state index < -0.39 is 6.10 Å². The van der Waals surface area contributed by atoms with Crippen LogP contribution in [0.2, 0.25) is 0 Å². The van der Waals surface area contributed by atoms with Crippen LogP contribution < -0.4 is 0 Å². The largest absolute Gasteiger partial charge is 0.387 e. The molecule has 0 aliphatic rings. The minimum atomic E-state index is -0.532. The number of rotatable bonds is 3. The number of aryl methyl sites for hydroxylation is 2. The smallest absolute Gasteiger partial charge is 0.0977 e. The molecule has 0 saturated heterocycles. The first-order valence-electron chi connectivity index (χ1n) is 4.55. The lowest BCUT2D eigenvalue weighted by atomic mass is 10.2. The molecular formula is C9H11N3OS2. The summed E-state index contributed by atoms with van der Waals surface area (Å²) in [6, 6.07) is 0. The second-order valence-corrected chi connectivity index (χ2v) is 5.39. The molecule has 0 aromatic carbocycles. The van der Waals surface area contributed by atoms with Gasteiger partial charge in [-0.25, -0.2) is 4.98 Å². The van der Waals surface area contributed by atoms with Crippen molar-refractivity contribution in [3.63, 3.8) is 0 Å². The van der Waals surface area contributed by atoms with E-state index in [0.717, 1.165) is 15.6 Å². The van der Waals surface area contributed by atoms with Crippen molar-refractivity contribution in [3.05, 3.63) is 26.7 Å². The highest BCUT2D eigenvalue weighted by Crippen LogP contribution is 2.24. The van der Waals surface area contributed by atoms with Crippen LogP contribution in [0, 0.1) is 13.8 Å². The summed E-state index contributed by atoms with van der Waals surface area (Å²) in [5.74, 6) is 0. The number of hydrogen-bond donors (Lipinski definition) is 1. The first-order chi connectivity index (χ1) is 7.16. The molecule has 2 aromatic rings. The Morgan fingerprint density at radius 3 is 2.80 bits per heavy atom. The van der Waals surface area contributed by atoms with Crippen LogP contribution in [-0.2, 0) is 6.42 Å². The Bertz CT molecular complexity index is 419. The molecule has 2 heterocycles. The van der Waals surface area contributed by atoms with E-state index in [2.05, 4.69) is 14.6 Å². The lowest BCUT2D eigenvalue weighted by molar-refractivity contribution is 0.182. The highest BCUT2D eigenvalue weighted by molar-refractivity contribution is 7.11. The van der Waals surface area contributed by atoms with E-state index in [4.69, 9.17) is 0 Å². The van der Waals surface area contributed by atoms with Gasteiger partial charge in [-0.15, -0.1) is 16.4 Å². The van der Waals surface area contributed by atoms with E-state index in [-0.39, 0.29) is 0 Å². The van der Waals surface area contributed by atoms with Gasteiger partial charge in [0.25, 0.3) is 0 Å². The Morgan fingerprint density at radius 2 is 2.27 bits per heavy atom. The number of aromatic nitrogens is 3. The average Bonchev–Trinajstić information content (AvgIpc) is 2.77. The SMILES string of the molecule is Cc1nc(CC(O)c2cnns2)sc1C. The van der Waals surface area contributed by atoms with E-state index >= 15 is 0 Å². The van der Waals surface area contributed by atoms with Crippen molar-refractivity contribution in [1.82, 2.24) is 14.6 Å². The highest BCUT2D eigenvalue weighted by atomic mass is 32.1. The van der Waals surface area contributed by atoms with Gasteiger partial charge in [-0.2, -0.15) is 0 Å². The molecule has 1 atom stereocenters. The Hall–Kier alpha value is -0.850. The number of thiazole rings is 1. The van der Waals surface area contributed by atoms with Gasteiger partial charge >= 0.3 is 0 Å². The average molecular weight is 241 g/mol. The van der Waals surface area contributed by atoms with Crippen molar-refractivity contribution in [3.8, 4) is 0 Å². The third-order valence-electron chi connectivity index (χ3n) is 2.15. The van der Waals surface area contributed by atoms with Crippen molar-refractivity contribution in [2.75, 3.05) is 0 Å². The van der Waals surface area contributed by atoms with Gasteiger partial charge in [-0.05, 0) is 25.4 Å². The summed E-state index contributed by atoms with van der Waals surface area (Å²) in [5.41, 5.74) is 1.05. The maximum absolute atomic E-state index is 9.86. The van der Waals surface area contributed by atoms with Gasteiger partial charge < -0.3 is 5.11 Å². The van der Waals surface area contributed by atoms with Crippen LogP contribution in [0.4, 0.5) is 0 Å². The number of aliphatic hydroxyl groups is 1. The molecule has 1 unspecified atom stereocenters. The standard InChI is InChI=1S/C9H11N3OS2/c1-5-6(2)14-9(11-5)3-7(13)8-4-10-12-15-8/h4,7,13H,3H2,1-2H3. The Labute approximate surface area is 95.8 Å². The third kappa shape index (κ3) is 2.39. The molecule has 0 amide bonds. The molecule has 0 saturated carbocycles. The summed E-state index contributed by atoms with van der Waals surface area (Å²) in [5, 5.41) is 14.5. The zero-order valence-corrected chi connectivity index (χ0v) is 10.1. The minimum absolute atomic E-state index is 0.532. The van der Waals surface area contributed by atoms with E-state index in [9.17, 15) is 5.11 Å². The molecule has 1 N–H and O–H groups in total. The topological polar surface area (TPSA) is 58.9 Å². The second-order valence-electron chi connectivity index (χ2n) is 3.29. The van der Waals surface area contributed by atoms with Crippen LogP contribution >= 0.6 is 22.9 Å². The summed E-state index contributed by atoms with van der Waals surface area (Å²) < 4.78 is 3.72. The number of hydrogen-bond acceptors (Lipinski definition) is 6. The second kappa shape index (κ2) is 4.34. The third-order valence-corrected chi connectivity index (χ3v) is 4.01. The molecule has 0 radical (unpaired) electrons. The van der Waals surface area contributed by atoms with Gasteiger partial charge in [0.1, 0.15) is 0 Å². The summed E-state index contributed by atoms with van der Waals surface area (Å²) >= 11 is 2.86. The molecule has 0 aliphatic carbocycles. The Balaban J connectivity index is 2.09. The molecule has 80 valence electrons. The molecule has 6 heteroatoms. The number of nitrogens with zero attached hydrogens (tertiary/aromatic N) is 3. The molecule has 0 fully saturated rings.